The largest absolute Gasteiger partial charge is 1.00 e. The summed E-state index contributed by atoms with van der Waals surface area (Å²) in [4.78, 5) is 0. The first-order valence-electron chi connectivity index (χ1n) is 11.3. The number of halogens is 3. The van der Waals surface area contributed by atoms with Gasteiger partial charge in [-0.15, -0.1) is 5.56 Å². The molecular formula is C30H31Cl2FSiZr-2. The summed E-state index contributed by atoms with van der Waals surface area (Å²) in [6.45, 7) is 11.6. The Morgan fingerprint density at radius 1 is 0.914 bits per heavy atom. The normalized spacial score (nSPS) is 10.7. The van der Waals surface area contributed by atoms with Crippen LogP contribution in [0.25, 0.3) is 11.1 Å². The van der Waals surface area contributed by atoms with Crippen LogP contribution in [0.5, 0.6) is 0 Å². The second-order valence-corrected chi connectivity index (χ2v) is 15.2. The maximum atomic E-state index is 12.2. The first-order chi connectivity index (χ1) is 15.7. The topological polar surface area (TPSA) is 0 Å². The third kappa shape index (κ3) is 8.83. The van der Waals surface area contributed by atoms with E-state index in [1.165, 1.54) is 69.7 Å². The van der Waals surface area contributed by atoms with Gasteiger partial charge in [0.25, 0.3) is 0 Å². The SMILES string of the molecule is Cc1cc([Si](C)(C)C)c(C)[cH-]1.Fc1ccc([CH]=[Zr+2])cc1.[Cl-].[Cl-].[c-]1cccc2c1Cc1ccccc1-2. The van der Waals surface area contributed by atoms with E-state index in [-0.39, 0.29) is 30.6 Å². The quantitative estimate of drug-likeness (QED) is 0.211. The Morgan fingerprint density at radius 3 is 2.09 bits per heavy atom. The Bertz CT molecular complexity index is 1180. The van der Waals surface area contributed by atoms with Crippen molar-refractivity contribution in [1.29, 1.82) is 0 Å². The average molecular weight is 601 g/mol. The number of rotatable bonds is 2. The smallest absolute Gasteiger partial charge is 0.0253 e. The van der Waals surface area contributed by atoms with Crippen molar-refractivity contribution in [2.24, 2.45) is 0 Å². The van der Waals surface area contributed by atoms with Gasteiger partial charge in [-0.25, -0.2) is 6.07 Å². The summed E-state index contributed by atoms with van der Waals surface area (Å²) >= 11 is 1.34. The van der Waals surface area contributed by atoms with Crippen LogP contribution in [0.4, 0.5) is 4.39 Å². The number of fused-ring (bicyclic) bond motifs is 3. The minimum Gasteiger partial charge on any atom is -1.00 e. The summed E-state index contributed by atoms with van der Waals surface area (Å²) < 4.78 is 14.2. The van der Waals surface area contributed by atoms with Crippen molar-refractivity contribution in [2.75, 3.05) is 0 Å². The monoisotopic (exact) mass is 598 g/mol. The van der Waals surface area contributed by atoms with Crippen LogP contribution in [-0.2, 0) is 30.7 Å². The molecule has 0 nitrogen and oxygen atoms in total. The van der Waals surface area contributed by atoms with Gasteiger partial charge in [0, 0.05) is 8.07 Å². The molecule has 0 bridgehead atoms. The minimum absolute atomic E-state index is 0. The summed E-state index contributed by atoms with van der Waals surface area (Å²) in [5.74, 6) is -0.170. The predicted molar refractivity (Wildman–Crippen MR) is 140 cm³/mol. The van der Waals surface area contributed by atoms with Crippen LogP contribution in [0.3, 0.4) is 0 Å². The molecule has 0 heterocycles. The standard InChI is InChI=1S/C13H9.C10H17Si.C7H5F.2ClH.Zr/c1-3-7-12-10(5-1)9-11-6-2-4-8-13(11)12;1-8-6-9(2)10(7-8)11(3,4)5;1-6-2-4-7(8)5-3-6;;;/h1-5,7-8H,9H2;6-7H,1-5H3;1-5H;2*1H;/q2*-1;;;;+2/p-2. The Balaban J connectivity index is 0.000000260. The zero-order valence-corrected chi connectivity index (χ0v) is 25.9. The molecule has 5 rings (SSSR count). The number of hydrogen-bond acceptors (Lipinski definition) is 0. The van der Waals surface area contributed by atoms with Crippen LogP contribution in [-0.4, -0.2) is 11.8 Å². The Labute approximate surface area is 238 Å². The van der Waals surface area contributed by atoms with Gasteiger partial charge in [0.15, 0.2) is 0 Å². The summed E-state index contributed by atoms with van der Waals surface area (Å²) in [7, 11) is -1.06. The van der Waals surface area contributed by atoms with Crippen molar-refractivity contribution >= 4 is 17.0 Å². The minimum atomic E-state index is -1.06. The molecule has 0 spiro atoms. The third-order valence-electron chi connectivity index (χ3n) is 5.70. The van der Waals surface area contributed by atoms with Gasteiger partial charge in [0.2, 0.25) is 0 Å². The number of hydrogen-bond donors (Lipinski definition) is 0. The van der Waals surface area contributed by atoms with E-state index in [9.17, 15) is 4.39 Å². The molecule has 5 heteroatoms. The van der Waals surface area contributed by atoms with E-state index in [0.717, 1.165) is 12.0 Å². The maximum Gasteiger partial charge on any atom is -0.0253 e. The zero-order chi connectivity index (χ0) is 24.0. The van der Waals surface area contributed by atoms with Crippen molar-refractivity contribution in [3.8, 4) is 11.1 Å². The summed E-state index contributed by atoms with van der Waals surface area (Å²) in [6, 6.07) is 29.2. The molecule has 0 aliphatic heterocycles. The van der Waals surface area contributed by atoms with Crippen molar-refractivity contribution in [3.63, 3.8) is 0 Å². The molecule has 35 heavy (non-hydrogen) atoms. The molecule has 0 unspecified atom stereocenters. The maximum absolute atomic E-state index is 12.2. The summed E-state index contributed by atoms with van der Waals surface area (Å²) in [5, 5.41) is 1.62. The molecule has 1 aliphatic rings. The van der Waals surface area contributed by atoms with Gasteiger partial charge < -0.3 is 24.8 Å². The predicted octanol–water partition coefficient (Wildman–Crippen LogP) is 1.16. The molecule has 4 aromatic rings. The summed E-state index contributed by atoms with van der Waals surface area (Å²) in [6.07, 6.45) is 1.05. The fourth-order valence-corrected chi connectivity index (χ4v) is 6.56. The van der Waals surface area contributed by atoms with E-state index in [4.69, 9.17) is 0 Å². The van der Waals surface area contributed by atoms with Crippen LogP contribution in [0.15, 0.2) is 78.9 Å². The number of benzene rings is 3. The molecule has 4 aromatic carbocycles. The van der Waals surface area contributed by atoms with Crippen LogP contribution in [0.1, 0.15) is 27.8 Å². The molecular weight excluding hydrogens is 570 g/mol. The van der Waals surface area contributed by atoms with E-state index < -0.39 is 8.07 Å². The summed E-state index contributed by atoms with van der Waals surface area (Å²) in [5.41, 5.74) is 9.51. The van der Waals surface area contributed by atoms with Crippen LogP contribution in [0, 0.1) is 25.7 Å². The van der Waals surface area contributed by atoms with Crippen LogP contribution >= 0.6 is 0 Å². The molecule has 0 N–H and O–H groups in total. The van der Waals surface area contributed by atoms with Gasteiger partial charge in [0.1, 0.15) is 0 Å². The Hall–Kier alpha value is -1.51. The van der Waals surface area contributed by atoms with E-state index in [1.807, 2.05) is 9.78 Å². The van der Waals surface area contributed by atoms with Crippen molar-refractivity contribution < 1.29 is 53.4 Å². The fourth-order valence-electron chi connectivity index (χ4n) is 4.17. The van der Waals surface area contributed by atoms with Crippen molar-refractivity contribution in [2.45, 2.75) is 39.9 Å². The molecule has 0 saturated carbocycles. The average Bonchev–Trinajstić information content (AvgIpc) is 3.34. The van der Waals surface area contributed by atoms with Gasteiger partial charge in [-0.3, -0.25) is 0 Å². The van der Waals surface area contributed by atoms with Gasteiger partial charge in [-0.1, -0.05) is 68.9 Å². The first kappa shape index (κ1) is 31.5. The van der Waals surface area contributed by atoms with E-state index in [2.05, 4.69) is 88.1 Å². The van der Waals surface area contributed by atoms with E-state index >= 15 is 0 Å². The van der Waals surface area contributed by atoms with E-state index in [1.54, 1.807) is 17.3 Å². The van der Waals surface area contributed by atoms with Crippen molar-refractivity contribution in [3.05, 3.63) is 119 Å². The van der Waals surface area contributed by atoms with Crippen molar-refractivity contribution in [1.82, 2.24) is 0 Å². The van der Waals surface area contributed by atoms with Gasteiger partial charge in [0.05, 0.1) is 0 Å². The molecule has 0 radical (unpaired) electrons. The van der Waals surface area contributed by atoms with Crippen LogP contribution < -0.4 is 30.0 Å². The molecule has 0 amide bonds. The van der Waals surface area contributed by atoms with E-state index in [0.29, 0.717) is 0 Å². The molecule has 0 fully saturated rings. The first-order valence-corrected chi connectivity index (χ1v) is 16.2. The third-order valence-corrected chi connectivity index (χ3v) is 8.68. The van der Waals surface area contributed by atoms with Gasteiger partial charge in [-0.2, -0.15) is 52.2 Å². The van der Waals surface area contributed by atoms with Gasteiger partial charge >= 0.3 is 68.0 Å². The molecule has 0 saturated heterocycles. The zero-order valence-electron chi connectivity index (χ0n) is 20.9. The molecule has 1 aliphatic carbocycles. The molecule has 0 atom stereocenters. The van der Waals surface area contributed by atoms with Gasteiger partial charge in [-0.05, 0) is 6.42 Å². The fraction of sp³-hybridized carbons (Fsp3) is 0.200. The Kier molecular flexibility index (Phi) is 12.9. The Morgan fingerprint density at radius 2 is 1.54 bits per heavy atom. The van der Waals surface area contributed by atoms with Crippen LogP contribution in [0.2, 0.25) is 19.6 Å². The number of aryl methyl sites for hydroxylation is 2. The second-order valence-electron chi connectivity index (χ2n) is 9.47. The molecule has 0 aromatic heterocycles. The molecule has 182 valence electrons. The second kappa shape index (κ2) is 14.3.